The van der Waals surface area contributed by atoms with Crippen LogP contribution in [0.4, 0.5) is 11.4 Å². The van der Waals surface area contributed by atoms with E-state index in [4.69, 9.17) is 11.6 Å². The van der Waals surface area contributed by atoms with Crippen LogP contribution in [0.15, 0.2) is 66.7 Å². The van der Waals surface area contributed by atoms with E-state index in [0.29, 0.717) is 28.5 Å². The molecule has 1 aromatic heterocycles. The summed E-state index contributed by atoms with van der Waals surface area (Å²) in [4.78, 5) is 37.9. The van der Waals surface area contributed by atoms with Crippen molar-refractivity contribution >= 4 is 51.6 Å². The molecule has 190 valence electrons. The molecule has 4 rings (SSSR count). The van der Waals surface area contributed by atoms with E-state index in [1.54, 1.807) is 30.3 Å². The zero-order valence-corrected chi connectivity index (χ0v) is 21.9. The molecule has 0 saturated carbocycles. The van der Waals surface area contributed by atoms with Crippen molar-refractivity contribution in [3.8, 4) is 0 Å². The van der Waals surface area contributed by atoms with Crippen molar-refractivity contribution in [2.24, 2.45) is 13.0 Å². The lowest BCUT2D eigenvalue weighted by molar-refractivity contribution is -0.124. The van der Waals surface area contributed by atoms with Crippen LogP contribution in [0.25, 0.3) is 10.9 Å². The molecule has 1 heterocycles. The van der Waals surface area contributed by atoms with Crippen molar-refractivity contribution in [2.75, 3.05) is 10.6 Å². The highest BCUT2D eigenvalue weighted by atomic mass is 35.5. The number of benzene rings is 3. The highest BCUT2D eigenvalue weighted by molar-refractivity contribution is 6.34. The maximum Gasteiger partial charge on any atom is 0.272 e. The van der Waals surface area contributed by atoms with Gasteiger partial charge in [0.25, 0.3) is 11.8 Å². The number of carbonyl (C=O) groups excluding carboxylic acids is 3. The maximum atomic E-state index is 13.0. The van der Waals surface area contributed by atoms with Gasteiger partial charge in [0, 0.05) is 41.8 Å². The molecule has 3 N–H and O–H groups in total. The monoisotopic (exact) mass is 516 g/mol. The molecule has 0 radical (unpaired) electrons. The van der Waals surface area contributed by atoms with Gasteiger partial charge in [-0.1, -0.05) is 49.7 Å². The van der Waals surface area contributed by atoms with E-state index in [-0.39, 0.29) is 23.6 Å². The molecule has 0 aliphatic heterocycles. The van der Waals surface area contributed by atoms with Gasteiger partial charge >= 0.3 is 0 Å². The number of carbonyl (C=O) groups is 3. The van der Waals surface area contributed by atoms with E-state index in [1.165, 1.54) is 0 Å². The Morgan fingerprint density at radius 2 is 1.68 bits per heavy atom. The van der Waals surface area contributed by atoms with Gasteiger partial charge in [0.15, 0.2) is 0 Å². The number of nitrogens with one attached hydrogen (secondary N) is 3. The number of amides is 3. The molecular weight excluding hydrogens is 488 g/mol. The average Bonchev–Trinajstić information content (AvgIpc) is 3.20. The first-order valence-corrected chi connectivity index (χ1v) is 12.4. The van der Waals surface area contributed by atoms with E-state index in [9.17, 15) is 14.4 Å². The number of aryl methyl sites for hydroxylation is 2. The third kappa shape index (κ3) is 5.84. The van der Waals surface area contributed by atoms with Gasteiger partial charge in [-0.3, -0.25) is 14.4 Å². The molecule has 0 unspecified atom stereocenters. The Balaban J connectivity index is 1.52. The Morgan fingerprint density at radius 3 is 2.41 bits per heavy atom. The third-order valence-electron chi connectivity index (χ3n) is 6.19. The van der Waals surface area contributed by atoms with Crippen LogP contribution in [0.5, 0.6) is 0 Å². The molecule has 0 aliphatic rings. The van der Waals surface area contributed by atoms with Crippen molar-refractivity contribution in [3.63, 3.8) is 0 Å². The minimum Gasteiger partial charge on any atom is -0.352 e. The number of hydrogen-bond acceptors (Lipinski definition) is 3. The van der Waals surface area contributed by atoms with Gasteiger partial charge in [-0.2, -0.15) is 0 Å². The van der Waals surface area contributed by atoms with Crippen LogP contribution in [0.1, 0.15) is 45.8 Å². The van der Waals surface area contributed by atoms with Crippen molar-refractivity contribution in [3.05, 3.63) is 94.1 Å². The predicted octanol–water partition coefficient (Wildman–Crippen LogP) is 5.92. The molecule has 0 spiro atoms. The Hall–Kier alpha value is -4.10. The Labute approximate surface area is 220 Å². The summed E-state index contributed by atoms with van der Waals surface area (Å²) in [6.45, 7) is 5.88. The molecule has 4 aromatic rings. The van der Waals surface area contributed by atoms with Crippen LogP contribution in [0.3, 0.4) is 0 Å². The molecule has 0 atom stereocenters. The Kier molecular flexibility index (Phi) is 7.64. The second kappa shape index (κ2) is 10.9. The van der Waals surface area contributed by atoms with Crippen LogP contribution in [-0.2, 0) is 18.4 Å². The van der Waals surface area contributed by atoms with Gasteiger partial charge in [0.1, 0.15) is 5.69 Å². The second-order valence-corrected chi connectivity index (χ2v) is 9.68. The molecule has 0 bridgehead atoms. The molecule has 37 heavy (non-hydrogen) atoms. The van der Waals surface area contributed by atoms with E-state index >= 15 is 0 Å². The summed E-state index contributed by atoms with van der Waals surface area (Å²) in [7, 11) is 1.83. The zero-order chi connectivity index (χ0) is 26.7. The van der Waals surface area contributed by atoms with Crippen molar-refractivity contribution in [1.29, 1.82) is 0 Å². The number of para-hydroxylation sites is 1. The summed E-state index contributed by atoms with van der Waals surface area (Å²) in [5.41, 5.74) is 4.74. The largest absolute Gasteiger partial charge is 0.352 e. The fourth-order valence-electron chi connectivity index (χ4n) is 3.99. The number of fused-ring (bicyclic) bond motifs is 1. The average molecular weight is 517 g/mol. The predicted molar refractivity (Wildman–Crippen MR) is 148 cm³/mol. The van der Waals surface area contributed by atoms with Gasteiger partial charge < -0.3 is 20.5 Å². The molecule has 7 nitrogen and oxygen atoms in total. The van der Waals surface area contributed by atoms with Gasteiger partial charge in [0.05, 0.1) is 10.6 Å². The molecule has 3 aromatic carbocycles. The van der Waals surface area contributed by atoms with Crippen LogP contribution in [0.2, 0.25) is 5.02 Å². The number of hydrogen-bond donors (Lipinski definition) is 3. The number of aromatic nitrogens is 1. The number of rotatable bonds is 7. The first kappa shape index (κ1) is 26.0. The molecule has 8 heteroatoms. The van der Waals surface area contributed by atoms with Crippen molar-refractivity contribution in [1.82, 2.24) is 9.88 Å². The highest BCUT2D eigenvalue weighted by Crippen LogP contribution is 2.25. The van der Waals surface area contributed by atoms with Gasteiger partial charge in [0.2, 0.25) is 5.91 Å². The number of halogens is 1. The summed E-state index contributed by atoms with van der Waals surface area (Å²) in [6, 6.07) is 20.0. The Bertz CT molecular complexity index is 1510. The van der Waals surface area contributed by atoms with E-state index in [1.807, 2.05) is 68.8 Å². The van der Waals surface area contributed by atoms with E-state index < -0.39 is 0 Å². The second-order valence-electron chi connectivity index (χ2n) is 9.27. The summed E-state index contributed by atoms with van der Waals surface area (Å²) in [5, 5.41) is 9.81. The molecular formula is C29H29ClN4O3. The molecule has 3 amide bonds. The Morgan fingerprint density at radius 1 is 0.919 bits per heavy atom. The first-order chi connectivity index (χ1) is 17.6. The first-order valence-electron chi connectivity index (χ1n) is 12.0. The smallest absolute Gasteiger partial charge is 0.272 e. The number of anilines is 2. The molecule has 0 aliphatic carbocycles. The van der Waals surface area contributed by atoms with E-state index in [2.05, 4.69) is 16.0 Å². The minimum atomic E-state index is -0.366. The fraction of sp³-hybridized carbons (Fsp3) is 0.207. The van der Waals surface area contributed by atoms with Crippen LogP contribution in [-0.4, -0.2) is 22.3 Å². The molecule has 0 saturated heterocycles. The summed E-state index contributed by atoms with van der Waals surface area (Å²) in [5.74, 6) is -0.775. The number of nitrogens with zero attached hydrogens (tertiary/aromatic N) is 1. The fourth-order valence-corrected chi connectivity index (χ4v) is 4.20. The van der Waals surface area contributed by atoms with Gasteiger partial charge in [-0.05, 0) is 60.5 Å². The SMILES string of the molecule is Cc1ccccc1NC(=O)c1cc2cc(NC(=O)c3cc(CNC(=O)C(C)C)ccc3Cl)ccc2n1C. The highest BCUT2D eigenvalue weighted by Gasteiger charge is 2.17. The van der Waals surface area contributed by atoms with E-state index in [0.717, 1.165) is 27.7 Å². The third-order valence-corrected chi connectivity index (χ3v) is 6.52. The summed E-state index contributed by atoms with van der Waals surface area (Å²) in [6.07, 6.45) is 0. The topological polar surface area (TPSA) is 92.2 Å². The standard InChI is InChI=1S/C29H29ClN4O3/c1-17(2)27(35)31-16-19-9-11-23(30)22(13-19)28(36)32-21-10-12-25-20(14-21)15-26(34(25)4)29(37)33-24-8-6-5-7-18(24)3/h5-15,17H,16H2,1-4H3,(H,31,35)(H,32,36)(H,33,37). The maximum absolute atomic E-state index is 13.0. The lowest BCUT2D eigenvalue weighted by atomic mass is 10.1. The van der Waals surface area contributed by atoms with Crippen LogP contribution in [0, 0.1) is 12.8 Å². The minimum absolute atomic E-state index is 0.0657. The summed E-state index contributed by atoms with van der Waals surface area (Å²) >= 11 is 6.31. The lowest BCUT2D eigenvalue weighted by Crippen LogP contribution is -2.27. The molecule has 0 fully saturated rings. The lowest BCUT2D eigenvalue weighted by Gasteiger charge is -2.11. The van der Waals surface area contributed by atoms with Gasteiger partial charge in [-0.25, -0.2) is 0 Å². The zero-order valence-electron chi connectivity index (χ0n) is 21.2. The van der Waals surface area contributed by atoms with Crippen molar-refractivity contribution in [2.45, 2.75) is 27.3 Å². The normalized spacial score (nSPS) is 11.0. The van der Waals surface area contributed by atoms with Gasteiger partial charge in [-0.15, -0.1) is 0 Å². The van der Waals surface area contributed by atoms with Crippen LogP contribution < -0.4 is 16.0 Å². The summed E-state index contributed by atoms with van der Waals surface area (Å²) < 4.78 is 1.82. The quantitative estimate of drug-likeness (QED) is 0.285. The van der Waals surface area contributed by atoms with Crippen molar-refractivity contribution < 1.29 is 14.4 Å². The van der Waals surface area contributed by atoms with Crippen LogP contribution >= 0.6 is 11.6 Å².